The summed E-state index contributed by atoms with van der Waals surface area (Å²) >= 11 is 0. The van der Waals surface area contributed by atoms with Crippen LogP contribution in [-0.2, 0) is 14.3 Å². The van der Waals surface area contributed by atoms with E-state index in [1.807, 2.05) is 17.0 Å². The lowest BCUT2D eigenvalue weighted by Gasteiger charge is -2.32. The highest BCUT2D eigenvalue weighted by Crippen LogP contribution is 2.18. The molecule has 1 aromatic heterocycles. The molecule has 3 heterocycles. The maximum Gasteiger partial charge on any atom is 0.248 e. The predicted molar refractivity (Wildman–Crippen MR) is 88.9 cm³/mol. The third-order valence-corrected chi connectivity index (χ3v) is 4.54. The fraction of sp³-hybridized carbons (Fsp3) is 0.667. The van der Waals surface area contributed by atoms with Crippen LogP contribution in [0.4, 0.5) is 0 Å². The Morgan fingerprint density at radius 1 is 1.29 bits per heavy atom. The molecule has 6 nitrogen and oxygen atoms in total. The number of aromatic nitrogens is 1. The molecule has 24 heavy (non-hydrogen) atoms. The normalized spacial score (nSPS) is 22.3. The molecule has 0 N–H and O–H groups in total. The molecule has 0 aromatic carbocycles. The first-order valence-electron chi connectivity index (χ1n) is 8.85. The molecule has 3 rings (SSSR count). The summed E-state index contributed by atoms with van der Waals surface area (Å²) in [5.74, 6) is 0.851. The summed E-state index contributed by atoms with van der Waals surface area (Å²) < 4.78 is 17.1. The fourth-order valence-corrected chi connectivity index (χ4v) is 3.14. The summed E-state index contributed by atoms with van der Waals surface area (Å²) in [5.41, 5.74) is 0. The average molecular weight is 334 g/mol. The van der Waals surface area contributed by atoms with Gasteiger partial charge in [0.05, 0.1) is 18.9 Å². The highest BCUT2D eigenvalue weighted by atomic mass is 16.5. The Bertz CT molecular complexity index is 497. The maximum atomic E-state index is 12.2. The smallest absolute Gasteiger partial charge is 0.248 e. The van der Waals surface area contributed by atoms with Gasteiger partial charge < -0.3 is 19.1 Å². The van der Waals surface area contributed by atoms with Crippen molar-refractivity contribution in [3.05, 3.63) is 24.5 Å². The van der Waals surface area contributed by atoms with Crippen LogP contribution in [0.1, 0.15) is 32.1 Å². The zero-order valence-electron chi connectivity index (χ0n) is 14.1. The Balaban J connectivity index is 1.32. The van der Waals surface area contributed by atoms with Crippen molar-refractivity contribution in [3.8, 4) is 5.75 Å². The molecule has 0 spiro atoms. The Labute approximate surface area is 143 Å². The van der Waals surface area contributed by atoms with Crippen molar-refractivity contribution in [1.82, 2.24) is 9.88 Å². The molecule has 1 amide bonds. The zero-order chi connectivity index (χ0) is 16.6. The average Bonchev–Trinajstić information content (AvgIpc) is 2.64. The second kappa shape index (κ2) is 8.99. The van der Waals surface area contributed by atoms with Crippen LogP contribution in [0.5, 0.6) is 5.75 Å². The van der Waals surface area contributed by atoms with Gasteiger partial charge in [-0.05, 0) is 31.4 Å². The lowest BCUT2D eigenvalue weighted by molar-refractivity contribution is -0.140. The number of piperidine rings is 1. The number of rotatable bonds is 6. The van der Waals surface area contributed by atoms with Crippen molar-refractivity contribution in [1.29, 1.82) is 0 Å². The van der Waals surface area contributed by atoms with Crippen molar-refractivity contribution in [2.45, 2.75) is 44.3 Å². The summed E-state index contributed by atoms with van der Waals surface area (Å²) in [6.07, 6.45) is 8.78. The number of hydrogen-bond acceptors (Lipinski definition) is 5. The molecule has 1 aromatic rings. The Morgan fingerprint density at radius 2 is 2.17 bits per heavy atom. The largest absolute Gasteiger partial charge is 0.489 e. The monoisotopic (exact) mass is 334 g/mol. The van der Waals surface area contributed by atoms with Crippen LogP contribution in [0.2, 0.25) is 0 Å². The molecular formula is C18H26N2O4. The van der Waals surface area contributed by atoms with E-state index in [1.165, 1.54) is 6.42 Å². The van der Waals surface area contributed by atoms with E-state index < -0.39 is 0 Å². The molecule has 6 heteroatoms. The van der Waals surface area contributed by atoms with E-state index >= 15 is 0 Å². The molecule has 0 unspecified atom stereocenters. The van der Waals surface area contributed by atoms with E-state index in [0.717, 1.165) is 38.0 Å². The molecule has 2 aliphatic heterocycles. The maximum absolute atomic E-state index is 12.2. The van der Waals surface area contributed by atoms with Crippen molar-refractivity contribution < 1.29 is 19.0 Å². The minimum Gasteiger partial charge on any atom is -0.489 e. The van der Waals surface area contributed by atoms with Gasteiger partial charge in [0.15, 0.2) is 0 Å². The first-order chi connectivity index (χ1) is 11.8. The Morgan fingerprint density at radius 3 is 2.88 bits per heavy atom. The fourth-order valence-electron chi connectivity index (χ4n) is 3.14. The molecule has 0 aliphatic carbocycles. The predicted octanol–water partition coefficient (Wildman–Crippen LogP) is 2.04. The Kier molecular flexibility index (Phi) is 6.43. The quantitative estimate of drug-likeness (QED) is 0.797. The van der Waals surface area contributed by atoms with Crippen LogP contribution in [0.3, 0.4) is 0 Å². The summed E-state index contributed by atoms with van der Waals surface area (Å²) in [4.78, 5) is 18.1. The van der Waals surface area contributed by atoms with Gasteiger partial charge in [-0.2, -0.15) is 0 Å². The lowest BCUT2D eigenvalue weighted by atomic mass is 10.1. The van der Waals surface area contributed by atoms with Gasteiger partial charge in [-0.1, -0.05) is 0 Å². The number of amides is 1. The number of ether oxygens (including phenoxy) is 3. The van der Waals surface area contributed by atoms with E-state index in [1.54, 1.807) is 12.4 Å². The third-order valence-electron chi connectivity index (χ3n) is 4.54. The third kappa shape index (κ3) is 5.18. The van der Waals surface area contributed by atoms with E-state index in [9.17, 15) is 4.79 Å². The summed E-state index contributed by atoms with van der Waals surface area (Å²) in [6, 6.07) is 3.77. The molecular weight excluding hydrogens is 308 g/mol. The van der Waals surface area contributed by atoms with Gasteiger partial charge in [0, 0.05) is 38.7 Å². The molecule has 0 radical (unpaired) electrons. The molecule has 132 valence electrons. The highest BCUT2D eigenvalue weighted by molar-refractivity contribution is 5.77. The topological polar surface area (TPSA) is 60.9 Å². The van der Waals surface area contributed by atoms with E-state index in [-0.39, 0.29) is 24.7 Å². The van der Waals surface area contributed by atoms with E-state index in [4.69, 9.17) is 14.2 Å². The Hall–Kier alpha value is -1.66. The van der Waals surface area contributed by atoms with Gasteiger partial charge in [-0.3, -0.25) is 9.78 Å². The van der Waals surface area contributed by atoms with Gasteiger partial charge >= 0.3 is 0 Å². The van der Waals surface area contributed by atoms with Crippen LogP contribution in [0.15, 0.2) is 24.5 Å². The SMILES string of the molecule is O=C(COC[C@@H]1CCCCO1)N1CCC(Oc2cccnc2)CC1. The van der Waals surface area contributed by atoms with E-state index in [2.05, 4.69) is 4.98 Å². The molecule has 2 saturated heterocycles. The van der Waals surface area contributed by atoms with Gasteiger partial charge in [0.2, 0.25) is 5.91 Å². The first kappa shape index (κ1) is 17.2. The second-order valence-corrected chi connectivity index (χ2v) is 6.39. The molecule has 0 bridgehead atoms. The van der Waals surface area contributed by atoms with Crippen LogP contribution < -0.4 is 4.74 Å². The number of nitrogens with zero attached hydrogens (tertiary/aromatic N) is 2. The zero-order valence-corrected chi connectivity index (χ0v) is 14.1. The van der Waals surface area contributed by atoms with E-state index in [0.29, 0.717) is 19.7 Å². The van der Waals surface area contributed by atoms with Crippen molar-refractivity contribution >= 4 is 5.91 Å². The van der Waals surface area contributed by atoms with Gasteiger partial charge in [-0.15, -0.1) is 0 Å². The number of carbonyl (C=O) groups is 1. The highest BCUT2D eigenvalue weighted by Gasteiger charge is 2.24. The van der Waals surface area contributed by atoms with Crippen molar-refractivity contribution in [3.63, 3.8) is 0 Å². The first-order valence-corrected chi connectivity index (χ1v) is 8.85. The summed E-state index contributed by atoms with van der Waals surface area (Å²) in [6.45, 7) is 2.91. The van der Waals surface area contributed by atoms with Gasteiger partial charge in [0.25, 0.3) is 0 Å². The molecule has 1 atom stereocenters. The second-order valence-electron chi connectivity index (χ2n) is 6.39. The van der Waals surface area contributed by atoms with Crippen LogP contribution in [-0.4, -0.2) is 60.9 Å². The summed E-state index contributed by atoms with van der Waals surface area (Å²) in [5, 5.41) is 0. The van der Waals surface area contributed by atoms with Crippen molar-refractivity contribution in [2.75, 3.05) is 32.9 Å². The van der Waals surface area contributed by atoms with Crippen molar-refractivity contribution in [2.24, 2.45) is 0 Å². The number of likely N-dealkylation sites (tertiary alicyclic amines) is 1. The standard InChI is InChI=1S/C18H26N2O4/c21-18(14-22-13-17-4-1-2-11-23-17)20-9-6-15(7-10-20)24-16-5-3-8-19-12-16/h3,5,8,12,15,17H,1-2,4,6-7,9-11,13-14H2/t17-/m0/s1. The summed E-state index contributed by atoms with van der Waals surface area (Å²) in [7, 11) is 0. The van der Waals surface area contributed by atoms with Crippen LogP contribution in [0, 0.1) is 0 Å². The number of pyridine rings is 1. The molecule has 0 saturated carbocycles. The lowest BCUT2D eigenvalue weighted by Crippen LogP contribution is -2.43. The minimum absolute atomic E-state index is 0.0608. The number of hydrogen-bond donors (Lipinski definition) is 0. The molecule has 2 aliphatic rings. The van der Waals surface area contributed by atoms with Crippen LogP contribution >= 0.6 is 0 Å². The van der Waals surface area contributed by atoms with Crippen LogP contribution in [0.25, 0.3) is 0 Å². The van der Waals surface area contributed by atoms with Gasteiger partial charge in [0.1, 0.15) is 18.5 Å². The van der Waals surface area contributed by atoms with Gasteiger partial charge in [-0.25, -0.2) is 0 Å². The minimum atomic E-state index is 0.0608. The molecule has 2 fully saturated rings. The number of carbonyl (C=O) groups excluding carboxylic acids is 1.